The summed E-state index contributed by atoms with van der Waals surface area (Å²) in [4.78, 5) is 22.1. The highest BCUT2D eigenvalue weighted by molar-refractivity contribution is 6.18. The van der Waals surface area contributed by atoms with E-state index in [1.54, 1.807) is 6.92 Å². The summed E-state index contributed by atoms with van der Waals surface area (Å²) in [5, 5.41) is 5.14. The molecule has 0 aliphatic carbocycles. The molecule has 0 aromatic carbocycles. The zero-order valence-electron chi connectivity index (χ0n) is 7.89. The predicted octanol–water partition coefficient (Wildman–Crippen LogP) is 0.256. The van der Waals surface area contributed by atoms with Crippen molar-refractivity contribution in [2.24, 2.45) is 0 Å². The van der Waals surface area contributed by atoms with Crippen molar-refractivity contribution in [3.8, 4) is 0 Å². The molecule has 0 aromatic heterocycles. The lowest BCUT2D eigenvalue weighted by molar-refractivity contribution is -0.128. The van der Waals surface area contributed by atoms with Crippen LogP contribution in [0.25, 0.3) is 0 Å². The Morgan fingerprint density at radius 2 is 2.08 bits per heavy atom. The van der Waals surface area contributed by atoms with Gasteiger partial charge in [-0.3, -0.25) is 9.59 Å². The molecule has 0 fully saturated rings. The maximum absolute atomic E-state index is 11.1. The summed E-state index contributed by atoms with van der Waals surface area (Å²) in [6.07, 6.45) is 0.241. The third kappa shape index (κ3) is 5.47. The summed E-state index contributed by atoms with van der Waals surface area (Å²) in [5.74, 6) is -0.104. The minimum absolute atomic E-state index is 0.176. The first-order valence-corrected chi connectivity index (χ1v) is 4.78. The molecule has 0 aliphatic rings. The maximum atomic E-state index is 11.1. The number of alkyl halides is 1. The Kier molecular flexibility index (Phi) is 6.32. The summed E-state index contributed by atoms with van der Waals surface area (Å²) in [7, 11) is 0. The zero-order chi connectivity index (χ0) is 10.3. The molecule has 0 spiro atoms. The number of carbonyl (C=O) groups is 2. The fourth-order valence-corrected chi connectivity index (χ4v) is 0.964. The van der Waals surface area contributed by atoms with Crippen LogP contribution in [0.15, 0.2) is 0 Å². The van der Waals surface area contributed by atoms with Gasteiger partial charge in [-0.15, -0.1) is 11.6 Å². The van der Waals surface area contributed by atoms with Crippen molar-refractivity contribution in [1.82, 2.24) is 10.6 Å². The van der Waals surface area contributed by atoms with Crippen LogP contribution in [0.3, 0.4) is 0 Å². The van der Waals surface area contributed by atoms with Gasteiger partial charge in [-0.2, -0.15) is 0 Å². The highest BCUT2D eigenvalue weighted by atomic mass is 35.5. The molecular weight excluding hydrogens is 192 g/mol. The van der Waals surface area contributed by atoms with Crippen molar-refractivity contribution < 1.29 is 9.59 Å². The van der Waals surface area contributed by atoms with E-state index in [2.05, 4.69) is 10.6 Å². The molecule has 5 heteroatoms. The lowest BCUT2D eigenvalue weighted by atomic mass is 10.3. The number of amides is 2. The Hall–Kier alpha value is -0.770. The van der Waals surface area contributed by atoms with Gasteiger partial charge in [-0.25, -0.2) is 0 Å². The Morgan fingerprint density at radius 1 is 1.46 bits per heavy atom. The normalized spacial score (nSPS) is 11.9. The first-order valence-electron chi connectivity index (χ1n) is 4.24. The molecule has 0 aromatic rings. The molecular formula is C8H15ClN2O2. The lowest BCUT2D eigenvalue weighted by Crippen LogP contribution is -2.44. The Labute approximate surface area is 83.0 Å². The van der Waals surface area contributed by atoms with Crippen LogP contribution >= 0.6 is 11.6 Å². The van der Waals surface area contributed by atoms with E-state index in [1.165, 1.54) is 0 Å². The average molecular weight is 207 g/mol. The molecule has 0 saturated heterocycles. The van der Waals surface area contributed by atoms with Crippen LogP contribution in [-0.4, -0.2) is 30.3 Å². The molecule has 0 bridgehead atoms. The van der Waals surface area contributed by atoms with Gasteiger partial charge >= 0.3 is 0 Å². The van der Waals surface area contributed by atoms with Crippen molar-refractivity contribution in [2.75, 3.05) is 12.4 Å². The van der Waals surface area contributed by atoms with E-state index in [4.69, 9.17) is 11.6 Å². The summed E-state index contributed by atoms with van der Waals surface area (Å²) in [5.41, 5.74) is 0. The van der Waals surface area contributed by atoms with Gasteiger partial charge in [0.2, 0.25) is 11.8 Å². The smallest absolute Gasteiger partial charge is 0.242 e. The summed E-state index contributed by atoms with van der Waals surface area (Å²) in [6, 6.07) is -0.490. The molecule has 0 saturated carbocycles. The van der Waals surface area contributed by atoms with Crippen LogP contribution < -0.4 is 10.6 Å². The SMILES string of the molecule is CCNC(=O)C(C)NC(=O)CCCl. The van der Waals surface area contributed by atoms with Gasteiger partial charge < -0.3 is 10.6 Å². The number of hydrogen-bond acceptors (Lipinski definition) is 2. The van der Waals surface area contributed by atoms with Gasteiger partial charge in [0, 0.05) is 18.8 Å². The summed E-state index contributed by atoms with van der Waals surface area (Å²) < 4.78 is 0. The first-order chi connectivity index (χ1) is 6.11. The second-order valence-electron chi connectivity index (χ2n) is 2.62. The van der Waals surface area contributed by atoms with Crippen molar-refractivity contribution >= 4 is 23.4 Å². The molecule has 0 aliphatic heterocycles. The Morgan fingerprint density at radius 3 is 2.54 bits per heavy atom. The average Bonchev–Trinajstić information content (AvgIpc) is 2.05. The second kappa shape index (κ2) is 6.71. The molecule has 2 N–H and O–H groups in total. The Bertz CT molecular complexity index is 185. The molecule has 13 heavy (non-hydrogen) atoms. The number of likely N-dealkylation sites (N-methyl/N-ethyl adjacent to an activating group) is 1. The first kappa shape index (κ1) is 12.2. The molecule has 1 atom stereocenters. The van der Waals surface area contributed by atoms with Gasteiger partial charge in [0.05, 0.1) is 0 Å². The number of rotatable bonds is 5. The van der Waals surface area contributed by atoms with Crippen LogP contribution in [0.5, 0.6) is 0 Å². The summed E-state index contributed by atoms with van der Waals surface area (Å²) in [6.45, 7) is 4.02. The topological polar surface area (TPSA) is 58.2 Å². The molecule has 0 heterocycles. The standard InChI is InChI=1S/C8H15ClN2O2/c1-3-10-8(13)6(2)11-7(12)4-5-9/h6H,3-5H2,1-2H3,(H,10,13)(H,11,12). The van der Waals surface area contributed by atoms with Crippen LogP contribution in [-0.2, 0) is 9.59 Å². The van der Waals surface area contributed by atoms with Crippen molar-refractivity contribution in [2.45, 2.75) is 26.3 Å². The van der Waals surface area contributed by atoms with Crippen molar-refractivity contribution in [3.05, 3.63) is 0 Å². The van der Waals surface area contributed by atoms with Crippen LogP contribution in [0.1, 0.15) is 20.3 Å². The van der Waals surface area contributed by atoms with Crippen LogP contribution in [0.4, 0.5) is 0 Å². The van der Waals surface area contributed by atoms with E-state index >= 15 is 0 Å². The van der Waals surface area contributed by atoms with E-state index < -0.39 is 6.04 Å². The number of nitrogens with one attached hydrogen (secondary N) is 2. The Balaban J connectivity index is 3.78. The molecule has 1 unspecified atom stereocenters. The van der Waals surface area contributed by atoms with Crippen LogP contribution in [0, 0.1) is 0 Å². The fraction of sp³-hybridized carbons (Fsp3) is 0.750. The van der Waals surface area contributed by atoms with Crippen LogP contribution in [0.2, 0.25) is 0 Å². The highest BCUT2D eigenvalue weighted by Crippen LogP contribution is 1.87. The third-order valence-electron chi connectivity index (χ3n) is 1.44. The van der Waals surface area contributed by atoms with E-state index in [0.717, 1.165) is 0 Å². The maximum Gasteiger partial charge on any atom is 0.242 e. The molecule has 2 amide bonds. The van der Waals surface area contributed by atoms with Gasteiger partial charge in [-0.05, 0) is 13.8 Å². The second-order valence-corrected chi connectivity index (χ2v) is 3.00. The quantitative estimate of drug-likeness (QED) is 0.634. The largest absolute Gasteiger partial charge is 0.355 e. The van der Waals surface area contributed by atoms with Gasteiger partial charge in [-0.1, -0.05) is 0 Å². The number of halogens is 1. The van der Waals surface area contributed by atoms with E-state index in [9.17, 15) is 9.59 Å². The summed E-state index contributed by atoms with van der Waals surface area (Å²) >= 11 is 5.36. The van der Waals surface area contributed by atoms with Gasteiger partial charge in [0.15, 0.2) is 0 Å². The third-order valence-corrected chi connectivity index (χ3v) is 1.63. The predicted molar refractivity (Wildman–Crippen MR) is 51.6 cm³/mol. The zero-order valence-corrected chi connectivity index (χ0v) is 8.65. The van der Waals surface area contributed by atoms with Crippen molar-refractivity contribution in [3.63, 3.8) is 0 Å². The highest BCUT2D eigenvalue weighted by Gasteiger charge is 2.13. The van der Waals surface area contributed by atoms with Gasteiger partial charge in [0.25, 0.3) is 0 Å². The van der Waals surface area contributed by atoms with E-state index in [-0.39, 0.29) is 24.1 Å². The minimum Gasteiger partial charge on any atom is -0.355 e. The fourth-order valence-electron chi connectivity index (χ4n) is 0.792. The molecule has 0 radical (unpaired) electrons. The van der Waals surface area contributed by atoms with E-state index in [1.807, 2.05) is 6.92 Å². The lowest BCUT2D eigenvalue weighted by Gasteiger charge is -2.12. The van der Waals surface area contributed by atoms with E-state index in [0.29, 0.717) is 6.54 Å². The monoisotopic (exact) mass is 206 g/mol. The molecule has 0 rings (SSSR count). The van der Waals surface area contributed by atoms with Gasteiger partial charge in [0.1, 0.15) is 6.04 Å². The number of hydrogen-bond donors (Lipinski definition) is 2. The minimum atomic E-state index is -0.490. The molecule has 76 valence electrons. The van der Waals surface area contributed by atoms with Crippen molar-refractivity contribution in [1.29, 1.82) is 0 Å². The molecule has 4 nitrogen and oxygen atoms in total. The number of carbonyl (C=O) groups excluding carboxylic acids is 2.